The van der Waals surface area contributed by atoms with E-state index in [2.05, 4.69) is 15.5 Å². The van der Waals surface area contributed by atoms with E-state index in [-0.39, 0.29) is 13.0 Å². The predicted molar refractivity (Wildman–Crippen MR) is 292 cm³/mol. The van der Waals surface area contributed by atoms with Crippen LogP contribution in [-0.2, 0) is 99.5 Å². The maximum absolute atomic E-state index is 11.6. The standard InChI is InChI=1S/C53H105N3O24/c1-52(2,3)79-50(59)54-8-14-62-20-26-68-32-38-74-44-47-77-41-35-71-29-23-65-17-11-56(10-16-64-22-28-70-34-40-76-46-43-73-37-31-67-25-19-61-13-7-49(57)58)12-18-66-24-30-72-36-42-78-48-45-75-39-33-69-27-21-63-15-9-55-51(60)80-53(4,5)6/h7-48H2,1-6H3,(H,54,59)(H,55,60)(H,57,58). The topological polar surface area (TPSA) is 283 Å². The van der Waals surface area contributed by atoms with Gasteiger partial charge >= 0.3 is 18.2 Å². The fraction of sp³-hybridized carbons (Fsp3) is 0.943. The van der Waals surface area contributed by atoms with Gasteiger partial charge in [-0.25, -0.2) is 9.59 Å². The van der Waals surface area contributed by atoms with Gasteiger partial charge in [0.05, 0.1) is 244 Å². The van der Waals surface area contributed by atoms with Gasteiger partial charge < -0.3 is 110 Å². The Labute approximate surface area is 476 Å². The number of hydrogen-bond donors (Lipinski definition) is 3. The Morgan fingerprint density at radius 2 is 0.463 bits per heavy atom. The van der Waals surface area contributed by atoms with Crippen LogP contribution in [0.2, 0.25) is 0 Å². The number of ether oxygens (including phenoxy) is 20. The van der Waals surface area contributed by atoms with E-state index in [1.54, 1.807) is 0 Å². The van der Waals surface area contributed by atoms with Crippen molar-refractivity contribution < 1.29 is 114 Å². The van der Waals surface area contributed by atoms with Crippen LogP contribution in [0.3, 0.4) is 0 Å². The fourth-order valence-corrected chi connectivity index (χ4v) is 5.76. The SMILES string of the molecule is CC(C)(C)OC(=O)NCCOCCOCCOCCOCCOCCOCCN(CCOCCOCCOCCOCCOCCOCCNC(=O)OC(C)(C)C)CCOCCOCCOCCOCCOCCOCCC(=O)O. The molecule has 0 saturated carbocycles. The summed E-state index contributed by atoms with van der Waals surface area (Å²) in [6, 6.07) is 0. The molecule has 0 aliphatic rings. The zero-order valence-corrected chi connectivity index (χ0v) is 49.5. The molecule has 2 amide bonds. The number of carbonyl (C=O) groups is 3. The van der Waals surface area contributed by atoms with E-state index in [1.165, 1.54) is 0 Å². The Hall–Kier alpha value is -2.75. The minimum absolute atomic E-state index is 0.0218. The highest BCUT2D eigenvalue weighted by Gasteiger charge is 2.16. The number of alkyl carbamates (subject to hydrolysis) is 2. The molecule has 0 bridgehead atoms. The van der Waals surface area contributed by atoms with Gasteiger partial charge in [0.25, 0.3) is 0 Å². The van der Waals surface area contributed by atoms with E-state index in [9.17, 15) is 14.4 Å². The van der Waals surface area contributed by atoms with Gasteiger partial charge in [-0.05, 0) is 41.5 Å². The van der Waals surface area contributed by atoms with Gasteiger partial charge in [-0.15, -0.1) is 0 Å². The zero-order chi connectivity index (χ0) is 58.6. The molecule has 0 aliphatic carbocycles. The van der Waals surface area contributed by atoms with Crippen molar-refractivity contribution in [2.75, 3.05) is 271 Å². The van der Waals surface area contributed by atoms with E-state index in [4.69, 9.17) is 99.8 Å². The van der Waals surface area contributed by atoms with Crippen LogP contribution >= 0.6 is 0 Å². The first-order valence-corrected chi connectivity index (χ1v) is 28.1. The predicted octanol–water partition coefficient (Wildman–Crippen LogP) is 2.11. The van der Waals surface area contributed by atoms with E-state index >= 15 is 0 Å². The molecular weight excluding hydrogens is 1060 g/mol. The molecule has 27 nitrogen and oxygen atoms in total. The van der Waals surface area contributed by atoms with E-state index in [1.807, 2.05) is 41.5 Å². The van der Waals surface area contributed by atoms with Crippen molar-refractivity contribution in [1.82, 2.24) is 15.5 Å². The molecule has 27 heteroatoms. The summed E-state index contributed by atoms with van der Waals surface area (Å²) in [6.07, 6.45) is -0.956. The quantitative estimate of drug-likeness (QED) is 0.0735. The van der Waals surface area contributed by atoms with Gasteiger partial charge in [0.1, 0.15) is 11.2 Å². The van der Waals surface area contributed by atoms with Crippen LogP contribution in [0.1, 0.15) is 48.0 Å². The molecule has 0 aromatic carbocycles. The number of aliphatic carboxylic acids is 1. The molecule has 0 aromatic heterocycles. The molecular formula is C53H105N3O24. The van der Waals surface area contributed by atoms with Crippen LogP contribution in [0.25, 0.3) is 0 Å². The first kappa shape index (κ1) is 77.2. The summed E-state index contributed by atoms with van der Waals surface area (Å²) < 4.78 is 110. The summed E-state index contributed by atoms with van der Waals surface area (Å²) >= 11 is 0. The molecule has 0 aliphatic heterocycles. The average Bonchev–Trinajstić information content (AvgIpc) is 3.39. The van der Waals surface area contributed by atoms with Gasteiger partial charge in [-0.2, -0.15) is 0 Å². The molecule has 0 fully saturated rings. The van der Waals surface area contributed by atoms with Crippen LogP contribution in [0, 0.1) is 0 Å². The number of nitrogens with zero attached hydrogens (tertiary/aromatic N) is 1. The highest BCUT2D eigenvalue weighted by atomic mass is 16.6. The van der Waals surface area contributed by atoms with Crippen molar-refractivity contribution in [1.29, 1.82) is 0 Å². The molecule has 0 radical (unpaired) electrons. The van der Waals surface area contributed by atoms with Crippen LogP contribution < -0.4 is 10.6 Å². The molecule has 0 saturated heterocycles. The lowest BCUT2D eigenvalue weighted by Gasteiger charge is -2.22. The van der Waals surface area contributed by atoms with Crippen molar-refractivity contribution >= 4 is 18.2 Å². The summed E-state index contributed by atoms with van der Waals surface area (Å²) in [4.78, 5) is 35.9. The Balaban J connectivity index is 4.05. The number of amides is 2. The Kier molecular flexibility index (Phi) is 57.4. The molecule has 0 atom stereocenters. The first-order valence-electron chi connectivity index (χ1n) is 28.1. The number of carboxylic acids is 1. The van der Waals surface area contributed by atoms with Crippen molar-refractivity contribution in [2.24, 2.45) is 0 Å². The van der Waals surface area contributed by atoms with Crippen LogP contribution in [-0.4, -0.2) is 310 Å². The normalized spacial score (nSPS) is 11.9. The third-order valence-electron chi connectivity index (χ3n) is 9.53. The number of carbonyl (C=O) groups excluding carboxylic acids is 2. The Morgan fingerprint density at radius 1 is 0.287 bits per heavy atom. The summed E-state index contributed by atoms with van der Waals surface area (Å²) in [7, 11) is 0. The molecule has 0 unspecified atom stereocenters. The van der Waals surface area contributed by atoms with Gasteiger partial charge in [-0.1, -0.05) is 0 Å². The summed E-state index contributed by atoms with van der Waals surface area (Å²) in [5, 5.41) is 13.9. The lowest BCUT2D eigenvalue weighted by Crippen LogP contribution is -2.34. The van der Waals surface area contributed by atoms with E-state index in [0.29, 0.717) is 264 Å². The largest absolute Gasteiger partial charge is 0.481 e. The van der Waals surface area contributed by atoms with E-state index in [0.717, 1.165) is 0 Å². The van der Waals surface area contributed by atoms with Crippen LogP contribution in [0.5, 0.6) is 0 Å². The van der Waals surface area contributed by atoms with Crippen LogP contribution in [0.15, 0.2) is 0 Å². The van der Waals surface area contributed by atoms with Crippen molar-refractivity contribution in [3.63, 3.8) is 0 Å². The average molecular weight is 1170 g/mol. The highest BCUT2D eigenvalue weighted by Crippen LogP contribution is 2.07. The second kappa shape index (κ2) is 59.4. The van der Waals surface area contributed by atoms with Gasteiger partial charge in [-0.3, -0.25) is 9.69 Å². The second-order valence-electron chi connectivity index (χ2n) is 18.9. The Morgan fingerprint density at radius 3 is 0.650 bits per heavy atom. The minimum Gasteiger partial charge on any atom is -0.481 e. The van der Waals surface area contributed by atoms with Crippen molar-refractivity contribution in [3.05, 3.63) is 0 Å². The van der Waals surface area contributed by atoms with E-state index < -0.39 is 29.4 Å². The summed E-state index contributed by atoms with van der Waals surface area (Å²) in [5.74, 6) is -0.888. The number of nitrogens with one attached hydrogen (secondary N) is 2. The maximum atomic E-state index is 11.6. The number of hydrogen-bond acceptors (Lipinski definition) is 24. The first-order chi connectivity index (χ1) is 38.8. The maximum Gasteiger partial charge on any atom is 0.407 e. The molecule has 80 heavy (non-hydrogen) atoms. The highest BCUT2D eigenvalue weighted by molar-refractivity contribution is 5.68. The van der Waals surface area contributed by atoms with Crippen LogP contribution in [0.4, 0.5) is 9.59 Å². The molecule has 0 rings (SSSR count). The third-order valence-corrected chi connectivity index (χ3v) is 9.53. The number of carboxylic acid groups (broad SMARTS) is 1. The van der Waals surface area contributed by atoms with Gasteiger partial charge in [0, 0.05) is 32.7 Å². The Bertz CT molecular complexity index is 1270. The van der Waals surface area contributed by atoms with Gasteiger partial charge in [0.2, 0.25) is 0 Å². The monoisotopic (exact) mass is 1170 g/mol. The smallest absolute Gasteiger partial charge is 0.407 e. The fourth-order valence-electron chi connectivity index (χ4n) is 5.76. The molecule has 0 aromatic rings. The number of rotatable bonds is 63. The molecule has 0 spiro atoms. The lowest BCUT2D eigenvalue weighted by molar-refractivity contribution is -0.138. The van der Waals surface area contributed by atoms with Crippen molar-refractivity contribution in [3.8, 4) is 0 Å². The van der Waals surface area contributed by atoms with Crippen molar-refractivity contribution in [2.45, 2.75) is 59.2 Å². The lowest BCUT2D eigenvalue weighted by atomic mass is 10.2. The zero-order valence-electron chi connectivity index (χ0n) is 49.5. The molecule has 0 heterocycles. The third kappa shape index (κ3) is 67.8. The summed E-state index contributed by atoms with van der Waals surface area (Å²) in [6.45, 7) is 29.3. The molecule has 476 valence electrons. The minimum atomic E-state index is -0.888. The van der Waals surface area contributed by atoms with Gasteiger partial charge in [0.15, 0.2) is 0 Å². The molecule has 3 N–H and O–H groups in total. The summed E-state index contributed by atoms with van der Waals surface area (Å²) in [5.41, 5.74) is -1.07. The second-order valence-corrected chi connectivity index (χ2v) is 18.9.